The van der Waals surface area contributed by atoms with Crippen molar-refractivity contribution in [3.63, 3.8) is 0 Å². The van der Waals surface area contributed by atoms with Gasteiger partial charge in [0.05, 0.1) is 25.4 Å². The van der Waals surface area contributed by atoms with E-state index in [9.17, 15) is 8.78 Å². The van der Waals surface area contributed by atoms with E-state index in [-0.39, 0.29) is 19.0 Å². The fraction of sp³-hybridized carbons (Fsp3) is 0.632. The summed E-state index contributed by atoms with van der Waals surface area (Å²) in [5.41, 5.74) is 2.54. The maximum atomic E-state index is 13.4. The van der Waals surface area contributed by atoms with Crippen LogP contribution in [0.4, 0.5) is 26.2 Å². The number of rotatable bonds is 3. The van der Waals surface area contributed by atoms with Gasteiger partial charge in [-0.05, 0) is 20.8 Å². The van der Waals surface area contributed by atoms with Crippen molar-refractivity contribution in [1.82, 2.24) is 24.6 Å². The molecule has 0 saturated carbocycles. The minimum absolute atomic E-state index is 0.0778. The highest BCUT2D eigenvalue weighted by atomic mass is 19.3. The maximum absolute atomic E-state index is 13.4. The molecule has 0 spiro atoms. The van der Waals surface area contributed by atoms with Gasteiger partial charge in [0.25, 0.3) is 11.8 Å². The lowest BCUT2D eigenvalue weighted by Gasteiger charge is -2.16. The molecule has 1 saturated heterocycles. The number of hydrogen-bond acceptors (Lipinski definition) is 7. The molecule has 2 aromatic rings. The number of aromatic nitrogens is 4. The zero-order valence-electron chi connectivity index (χ0n) is 17.0. The molecule has 0 radical (unpaired) electrons. The molecule has 2 N–H and O–H groups in total. The zero-order chi connectivity index (χ0) is 20.6. The Balaban J connectivity index is 1.56. The first-order valence-electron chi connectivity index (χ1n) is 9.98. The van der Waals surface area contributed by atoms with Crippen LogP contribution in [0.3, 0.4) is 0 Å². The number of likely N-dealkylation sites (tertiary alicyclic amines) is 1. The second-order valence-corrected chi connectivity index (χ2v) is 7.90. The van der Waals surface area contributed by atoms with Crippen molar-refractivity contribution in [2.45, 2.75) is 52.1 Å². The second-order valence-electron chi connectivity index (χ2n) is 7.90. The number of fused-ring (bicyclic) bond motifs is 3. The van der Waals surface area contributed by atoms with Gasteiger partial charge in [-0.2, -0.15) is 4.98 Å². The van der Waals surface area contributed by atoms with Gasteiger partial charge in [0, 0.05) is 43.7 Å². The molecule has 0 amide bonds. The van der Waals surface area contributed by atoms with E-state index < -0.39 is 5.92 Å². The Hall–Kier alpha value is -2.49. The Labute approximate surface area is 168 Å². The van der Waals surface area contributed by atoms with Crippen LogP contribution in [0.1, 0.15) is 31.0 Å². The largest absolute Gasteiger partial charge is 0.475 e. The van der Waals surface area contributed by atoms with Crippen LogP contribution in [-0.2, 0) is 6.54 Å². The van der Waals surface area contributed by atoms with Crippen molar-refractivity contribution in [3.8, 4) is 5.88 Å². The van der Waals surface area contributed by atoms with Gasteiger partial charge < -0.3 is 15.4 Å². The minimum atomic E-state index is -2.58. The van der Waals surface area contributed by atoms with Crippen LogP contribution in [-0.4, -0.2) is 62.9 Å². The number of anilines is 3. The van der Waals surface area contributed by atoms with Crippen molar-refractivity contribution >= 4 is 17.5 Å². The van der Waals surface area contributed by atoms with E-state index >= 15 is 0 Å². The molecule has 4 heterocycles. The molecule has 2 aromatic heterocycles. The van der Waals surface area contributed by atoms with Gasteiger partial charge >= 0.3 is 0 Å². The van der Waals surface area contributed by atoms with Crippen LogP contribution in [0.15, 0.2) is 6.20 Å². The van der Waals surface area contributed by atoms with E-state index in [1.165, 1.54) is 0 Å². The third-order valence-corrected chi connectivity index (χ3v) is 5.43. The SMILES string of the molecule is Cc1cnc2nc1NC(C)CCOc1nn(CCN3CCC(F)(F)C3)c(C)c1N2. The molecular weight excluding hydrogens is 380 g/mol. The summed E-state index contributed by atoms with van der Waals surface area (Å²) in [6.07, 6.45) is 2.48. The molecule has 0 aliphatic carbocycles. The summed E-state index contributed by atoms with van der Waals surface area (Å²) in [6.45, 7) is 7.72. The Bertz CT molecular complexity index is 886. The number of halogens is 2. The van der Waals surface area contributed by atoms with Gasteiger partial charge in [-0.1, -0.05) is 0 Å². The molecule has 29 heavy (non-hydrogen) atoms. The molecule has 1 unspecified atom stereocenters. The quantitative estimate of drug-likeness (QED) is 0.810. The molecule has 158 valence electrons. The zero-order valence-corrected chi connectivity index (χ0v) is 17.0. The highest BCUT2D eigenvalue weighted by Gasteiger charge is 2.37. The third-order valence-electron chi connectivity index (χ3n) is 5.43. The number of alkyl halides is 2. The standard InChI is InChI=1S/C19H27F2N7O/c1-12-10-22-18-24-15-14(3)28(8-7-27-6-5-19(20,21)11-27)26-17(15)29-9-4-13(2)23-16(12)25-18/h10,13H,4-9,11H2,1-3H3,(H2,22,23,24,25). The Morgan fingerprint density at radius 1 is 1.31 bits per heavy atom. The molecular formula is C19H27F2N7O. The van der Waals surface area contributed by atoms with Gasteiger partial charge in [-0.3, -0.25) is 9.58 Å². The van der Waals surface area contributed by atoms with Crippen LogP contribution in [0, 0.1) is 13.8 Å². The first-order valence-corrected chi connectivity index (χ1v) is 9.98. The summed E-state index contributed by atoms with van der Waals surface area (Å²) in [5, 5.41) is 11.2. The lowest BCUT2D eigenvalue weighted by Crippen LogP contribution is -2.28. The first kappa shape index (κ1) is 19.8. The molecule has 1 atom stereocenters. The van der Waals surface area contributed by atoms with Gasteiger partial charge in [0.1, 0.15) is 11.5 Å². The molecule has 2 aliphatic heterocycles. The fourth-order valence-electron chi connectivity index (χ4n) is 3.61. The number of nitrogens with zero attached hydrogens (tertiary/aromatic N) is 5. The van der Waals surface area contributed by atoms with E-state index in [0.29, 0.717) is 43.8 Å². The van der Waals surface area contributed by atoms with Gasteiger partial charge in [-0.25, -0.2) is 13.8 Å². The number of hydrogen-bond donors (Lipinski definition) is 2. The van der Waals surface area contributed by atoms with Gasteiger partial charge in [-0.15, -0.1) is 5.10 Å². The summed E-state index contributed by atoms with van der Waals surface area (Å²) >= 11 is 0. The van der Waals surface area contributed by atoms with Crippen LogP contribution in [0.25, 0.3) is 0 Å². The van der Waals surface area contributed by atoms with E-state index in [1.54, 1.807) is 15.8 Å². The van der Waals surface area contributed by atoms with Crippen LogP contribution in [0.2, 0.25) is 0 Å². The third kappa shape index (κ3) is 4.42. The van der Waals surface area contributed by atoms with E-state index in [2.05, 4.69) is 32.6 Å². The molecule has 1 fully saturated rings. The van der Waals surface area contributed by atoms with Crippen molar-refractivity contribution in [1.29, 1.82) is 0 Å². The van der Waals surface area contributed by atoms with E-state index in [4.69, 9.17) is 4.74 Å². The van der Waals surface area contributed by atoms with Crippen LogP contribution < -0.4 is 15.4 Å². The van der Waals surface area contributed by atoms with Gasteiger partial charge in [0.15, 0.2) is 0 Å². The Morgan fingerprint density at radius 3 is 2.90 bits per heavy atom. The van der Waals surface area contributed by atoms with Crippen molar-refractivity contribution in [2.75, 3.05) is 36.9 Å². The summed E-state index contributed by atoms with van der Waals surface area (Å²) in [4.78, 5) is 10.7. The number of nitrogens with one attached hydrogen (secondary N) is 2. The highest BCUT2D eigenvalue weighted by molar-refractivity contribution is 5.64. The molecule has 10 heteroatoms. The molecule has 2 aliphatic rings. The summed E-state index contributed by atoms with van der Waals surface area (Å²) < 4.78 is 34.6. The average Bonchev–Trinajstić information content (AvgIpc) is 3.15. The summed E-state index contributed by atoms with van der Waals surface area (Å²) in [6, 6.07) is 0.179. The van der Waals surface area contributed by atoms with Crippen molar-refractivity contribution in [3.05, 3.63) is 17.5 Å². The van der Waals surface area contributed by atoms with E-state index in [1.807, 2.05) is 13.8 Å². The highest BCUT2D eigenvalue weighted by Crippen LogP contribution is 2.31. The molecule has 8 nitrogen and oxygen atoms in total. The number of aryl methyl sites for hydroxylation is 1. The maximum Gasteiger partial charge on any atom is 0.261 e. The van der Waals surface area contributed by atoms with Crippen molar-refractivity contribution in [2.24, 2.45) is 0 Å². The topological polar surface area (TPSA) is 80.1 Å². The summed E-state index contributed by atoms with van der Waals surface area (Å²) in [7, 11) is 0. The smallest absolute Gasteiger partial charge is 0.261 e. The van der Waals surface area contributed by atoms with Gasteiger partial charge in [0.2, 0.25) is 5.95 Å². The minimum Gasteiger partial charge on any atom is -0.475 e. The molecule has 0 aromatic carbocycles. The van der Waals surface area contributed by atoms with Crippen molar-refractivity contribution < 1.29 is 13.5 Å². The monoisotopic (exact) mass is 407 g/mol. The normalized spacial score (nSPS) is 21.5. The van der Waals surface area contributed by atoms with Crippen LogP contribution >= 0.6 is 0 Å². The van der Waals surface area contributed by atoms with E-state index in [0.717, 1.165) is 23.5 Å². The Kier molecular flexibility index (Phi) is 5.28. The lowest BCUT2D eigenvalue weighted by atomic mass is 10.2. The molecule has 2 bridgehead atoms. The predicted octanol–water partition coefficient (Wildman–Crippen LogP) is 2.96. The number of ether oxygens (including phenoxy) is 1. The summed E-state index contributed by atoms with van der Waals surface area (Å²) in [5.74, 6) is -0.856. The molecule has 4 rings (SSSR count). The second kappa shape index (κ2) is 7.74. The Morgan fingerprint density at radius 2 is 2.14 bits per heavy atom. The first-order chi connectivity index (χ1) is 13.8. The van der Waals surface area contributed by atoms with Crippen LogP contribution in [0.5, 0.6) is 5.88 Å². The lowest BCUT2D eigenvalue weighted by molar-refractivity contribution is 0.0119. The fourth-order valence-corrected chi connectivity index (χ4v) is 3.61. The predicted molar refractivity (Wildman–Crippen MR) is 106 cm³/mol. The average molecular weight is 407 g/mol.